The molecule has 0 spiro atoms. The predicted octanol–water partition coefficient (Wildman–Crippen LogP) is 6.60. The number of nitro benzene ring substituents is 1. The first-order chi connectivity index (χ1) is 16.3. The van der Waals surface area contributed by atoms with E-state index in [1.807, 2.05) is 0 Å². The number of nitrogens with one attached hydrogen (secondary N) is 2. The van der Waals surface area contributed by atoms with Crippen LogP contribution in [0.2, 0.25) is 0 Å². The van der Waals surface area contributed by atoms with Crippen LogP contribution in [0.25, 0.3) is 0 Å². The summed E-state index contributed by atoms with van der Waals surface area (Å²) in [7, 11) is 0. The van der Waals surface area contributed by atoms with Crippen LogP contribution in [-0.4, -0.2) is 21.0 Å². The second-order valence-electron chi connectivity index (χ2n) is 7.91. The van der Waals surface area contributed by atoms with E-state index in [0.717, 1.165) is 25.7 Å². The second-order valence-corrected chi connectivity index (χ2v) is 7.91. The zero-order chi connectivity index (χ0) is 24.1. The monoisotopic (exact) mass is 473 g/mol. The first-order valence-electron chi connectivity index (χ1n) is 10.8. The van der Waals surface area contributed by atoms with Crippen molar-refractivity contribution in [1.82, 2.24) is 9.97 Å². The third-order valence-corrected chi connectivity index (χ3v) is 5.40. The molecule has 8 nitrogen and oxygen atoms in total. The Kier molecular flexibility index (Phi) is 6.80. The van der Waals surface area contributed by atoms with Crippen LogP contribution in [0.4, 0.5) is 42.0 Å². The van der Waals surface area contributed by atoms with Crippen LogP contribution >= 0.6 is 0 Å². The number of rotatable bonds is 7. The quantitative estimate of drug-likeness (QED) is 0.294. The van der Waals surface area contributed by atoms with Gasteiger partial charge in [-0.05, 0) is 62.1 Å². The molecule has 4 rings (SSSR count). The fraction of sp³-hybridized carbons (Fsp3) is 0.304. The molecule has 178 valence electrons. The lowest BCUT2D eigenvalue weighted by atomic mass is 9.98. The Morgan fingerprint density at radius 2 is 1.56 bits per heavy atom. The van der Waals surface area contributed by atoms with Crippen molar-refractivity contribution in [3.63, 3.8) is 0 Å². The van der Waals surface area contributed by atoms with E-state index in [-0.39, 0.29) is 17.7 Å². The van der Waals surface area contributed by atoms with Crippen LogP contribution < -0.4 is 15.4 Å². The van der Waals surface area contributed by atoms with Crippen LogP contribution in [0.5, 0.6) is 5.75 Å². The number of ether oxygens (including phenoxy) is 1. The highest BCUT2D eigenvalue weighted by atomic mass is 19.4. The van der Waals surface area contributed by atoms with Crippen molar-refractivity contribution >= 4 is 28.8 Å². The number of anilines is 4. The van der Waals surface area contributed by atoms with E-state index >= 15 is 0 Å². The lowest BCUT2D eigenvalue weighted by Gasteiger charge is -2.23. The summed E-state index contributed by atoms with van der Waals surface area (Å²) in [5, 5.41) is 16.2. The predicted molar refractivity (Wildman–Crippen MR) is 121 cm³/mol. The fourth-order valence-electron chi connectivity index (χ4n) is 3.67. The summed E-state index contributed by atoms with van der Waals surface area (Å²) in [6.07, 6.45) is 1.66. The van der Waals surface area contributed by atoms with Gasteiger partial charge in [-0.2, -0.15) is 18.2 Å². The highest BCUT2D eigenvalue weighted by molar-refractivity contribution is 5.63. The Morgan fingerprint density at radius 3 is 2.18 bits per heavy atom. The van der Waals surface area contributed by atoms with E-state index in [0.29, 0.717) is 23.3 Å². The summed E-state index contributed by atoms with van der Waals surface area (Å²) in [5.41, 5.74) is -0.344. The maximum Gasteiger partial charge on any atom is 0.421 e. The molecule has 0 unspecified atom stereocenters. The maximum absolute atomic E-state index is 13.5. The first kappa shape index (κ1) is 23.3. The Morgan fingerprint density at radius 1 is 0.941 bits per heavy atom. The normalized spacial score (nSPS) is 14.4. The highest BCUT2D eigenvalue weighted by Crippen LogP contribution is 2.36. The molecule has 0 atom stereocenters. The van der Waals surface area contributed by atoms with Crippen molar-refractivity contribution in [3.8, 4) is 5.75 Å². The summed E-state index contributed by atoms with van der Waals surface area (Å²) in [6, 6.07) is 12.0. The summed E-state index contributed by atoms with van der Waals surface area (Å²) in [6.45, 7) is 0. The van der Waals surface area contributed by atoms with Crippen LogP contribution in [0.15, 0.2) is 54.7 Å². The first-order valence-corrected chi connectivity index (χ1v) is 10.8. The molecule has 11 heteroatoms. The third-order valence-electron chi connectivity index (χ3n) is 5.40. The van der Waals surface area contributed by atoms with E-state index in [1.165, 1.54) is 30.7 Å². The standard InChI is InChI=1S/C23H22F3N5O3/c24-23(25,26)20-14-27-22(29-16-6-10-17(11-7-16)31(32)33)30-21(20)28-15-8-12-19(13-9-15)34-18-4-2-1-3-5-18/h6-14,18H,1-5H2,(H2,27,28,29,30). The molecule has 0 saturated heterocycles. The van der Waals surface area contributed by atoms with Gasteiger partial charge in [0.25, 0.3) is 5.69 Å². The summed E-state index contributed by atoms with van der Waals surface area (Å²) in [5.74, 6) is 0.145. The summed E-state index contributed by atoms with van der Waals surface area (Å²) < 4.78 is 46.6. The van der Waals surface area contributed by atoms with Gasteiger partial charge in [0.05, 0.1) is 11.0 Å². The van der Waals surface area contributed by atoms with Gasteiger partial charge in [0.1, 0.15) is 17.1 Å². The lowest BCUT2D eigenvalue weighted by molar-refractivity contribution is -0.384. The molecular formula is C23H22F3N5O3. The Bertz CT molecular complexity index is 1130. The zero-order valence-corrected chi connectivity index (χ0v) is 18.0. The van der Waals surface area contributed by atoms with E-state index in [9.17, 15) is 23.3 Å². The lowest BCUT2D eigenvalue weighted by Crippen LogP contribution is -2.19. The van der Waals surface area contributed by atoms with Crippen LogP contribution in [-0.2, 0) is 6.18 Å². The molecule has 1 heterocycles. The van der Waals surface area contributed by atoms with Crippen molar-refractivity contribution < 1.29 is 22.8 Å². The minimum Gasteiger partial charge on any atom is -0.490 e. The van der Waals surface area contributed by atoms with Gasteiger partial charge in [-0.3, -0.25) is 10.1 Å². The Hall–Kier alpha value is -3.89. The van der Waals surface area contributed by atoms with Crippen molar-refractivity contribution in [2.75, 3.05) is 10.6 Å². The number of nitro groups is 1. The molecule has 0 bridgehead atoms. The molecule has 1 aromatic heterocycles. The van der Waals surface area contributed by atoms with E-state index in [1.54, 1.807) is 24.3 Å². The van der Waals surface area contributed by atoms with E-state index < -0.39 is 22.5 Å². The number of non-ortho nitro benzene ring substituents is 1. The fourth-order valence-corrected chi connectivity index (χ4v) is 3.67. The molecule has 0 aliphatic heterocycles. The van der Waals surface area contributed by atoms with Gasteiger partial charge in [0.15, 0.2) is 0 Å². The van der Waals surface area contributed by atoms with Crippen LogP contribution in [0.3, 0.4) is 0 Å². The number of hydrogen-bond acceptors (Lipinski definition) is 7. The van der Waals surface area contributed by atoms with Gasteiger partial charge in [-0.15, -0.1) is 0 Å². The molecule has 1 aliphatic rings. The van der Waals surface area contributed by atoms with E-state index in [2.05, 4.69) is 20.6 Å². The smallest absolute Gasteiger partial charge is 0.421 e. The maximum atomic E-state index is 13.5. The number of aromatic nitrogens is 2. The molecule has 0 amide bonds. The number of benzene rings is 2. The molecule has 2 N–H and O–H groups in total. The molecule has 34 heavy (non-hydrogen) atoms. The van der Waals surface area contributed by atoms with Gasteiger partial charge < -0.3 is 15.4 Å². The van der Waals surface area contributed by atoms with Crippen LogP contribution in [0, 0.1) is 10.1 Å². The summed E-state index contributed by atoms with van der Waals surface area (Å²) >= 11 is 0. The molecule has 3 aromatic rings. The highest BCUT2D eigenvalue weighted by Gasteiger charge is 2.35. The zero-order valence-electron chi connectivity index (χ0n) is 18.0. The van der Waals surface area contributed by atoms with Crippen LogP contribution in [0.1, 0.15) is 37.7 Å². The average molecular weight is 473 g/mol. The number of nitrogens with zero attached hydrogens (tertiary/aromatic N) is 3. The summed E-state index contributed by atoms with van der Waals surface area (Å²) in [4.78, 5) is 18.0. The van der Waals surface area contributed by atoms with E-state index in [4.69, 9.17) is 4.74 Å². The van der Waals surface area contributed by atoms with Gasteiger partial charge >= 0.3 is 6.18 Å². The molecule has 0 radical (unpaired) electrons. The third kappa shape index (κ3) is 5.91. The van der Waals surface area contributed by atoms with Gasteiger partial charge in [-0.1, -0.05) is 6.42 Å². The molecule has 2 aromatic carbocycles. The average Bonchev–Trinajstić information content (AvgIpc) is 2.81. The second kappa shape index (κ2) is 9.94. The molecule has 1 aliphatic carbocycles. The van der Waals surface area contributed by atoms with Crippen molar-refractivity contribution in [3.05, 3.63) is 70.4 Å². The minimum absolute atomic E-state index is 0.0957. The van der Waals surface area contributed by atoms with Crippen molar-refractivity contribution in [1.29, 1.82) is 0 Å². The van der Waals surface area contributed by atoms with Gasteiger partial charge in [0, 0.05) is 29.7 Å². The van der Waals surface area contributed by atoms with Gasteiger partial charge in [-0.25, -0.2) is 4.98 Å². The number of hydrogen-bond donors (Lipinski definition) is 2. The number of alkyl halides is 3. The Balaban J connectivity index is 1.51. The van der Waals surface area contributed by atoms with Crippen molar-refractivity contribution in [2.45, 2.75) is 44.4 Å². The molecule has 1 fully saturated rings. The SMILES string of the molecule is O=[N+]([O-])c1ccc(Nc2ncc(C(F)(F)F)c(Nc3ccc(OC4CCCCC4)cc3)n2)cc1. The van der Waals surface area contributed by atoms with Gasteiger partial charge in [0.2, 0.25) is 5.95 Å². The van der Waals surface area contributed by atoms with Crippen molar-refractivity contribution in [2.24, 2.45) is 0 Å². The molecular weight excluding hydrogens is 451 g/mol. The topological polar surface area (TPSA) is 102 Å². The largest absolute Gasteiger partial charge is 0.490 e. The Labute approximate surface area is 193 Å². The number of halogens is 3. The molecule has 1 saturated carbocycles. The minimum atomic E-state index is -4.67.